The number of carbonyl (C=O) groups is 1. The Balaban J connectivity index is 1.90. The topological polar surface area (TPSA) is 59.9 Å². The summed E-state index contributed by atoms with van der Waals surface area (Å²) in [5.74, 6) is 1.45. The highest BCUT2D eigenvalue weighted by atomic mass is 16.5. The highest BCUT2D eigenvalue weighted by Crippen LogP contribution is 2.28. The van der Waals surface area contributed by atoms with Gasteiger partial charge in [-0.2, -0.15) is 5.10 Å². The fourth-order valence-corrected chi connectivity index (χ4v) is 2.46. The van der Waals surface area contributed by atoms with Gasteiger partial charge < -0.3 is 9.47 Å². The molecule has 1 N–H and O–H groups in total. The zero-order chi connectivity index (χ0) is 19.5. The third kappa shape index (κ3) is 6.29. The van der Waals surface area contributed by atoms with Crippen LogP contribution in [0.4, 0.5) is 0 Å². The third-order valence-corrected chi connectivity index (χ3v) is 4.09. The number of para-hydroxylation sites is 2. The van der Waals surface area contributed by atoms with Crippen LogP contribution in [-0.4, -0.2) is 25.3 Å². The minimum Gasteiger partial charge on any atom is -0.489 e. The lowest BCUT2D eigenvalue weighted by Crippen LogP contribution is -2.25. The number of hydrogen-bond acceptors (Lipinski definition) is 4. The quantitative estimate of drug-likeness (QED) is 0.388. The van der Waals surface area contributed by atoms with E-state index in [1.807, 2.05) is 48.5 Å². The smallest absolute Gasteiger partial charge is 0.277 e. The largest absolute Gasteiger partial charge is 0.489 e. The number of carbonyl (C=O) groups excluding carboxylic acids is 1. The van der Waals surface area contributed by atoms with Crippen LogP contribution in [0.2, 0.25) is 0 Å². The summed E-state index contributed by atoms with van der Waals surface area (Å²) in [6.07, 6.45) is 4.22. The number of rotatable bonds is 10. The maximum absolute atomic E-state index is 12.0. The van der Waals surface area contributed by atoms with Gasteiger partial charge in [-0.3, -0.25) is 4.79 Å². The highest BCUT2D eigenvalue weighted by Gasteiger charge is 2.10. The van der Waals surface area contributed by atoms with Crippen LogP contribution >= 0.6 is 0 Å². The van der Waals surface area contributed by atoms with Gasteiger partial charge in [-0.15, -0.1) is 0 Å². The van der Waals surface area contributed by atoms with Crippen LogP contribution in [0.1, 0.15) is 37.3 Å². The molecule has 5 nitrogen and oxygen atoms in total. The summed E-state index contributed by atoms with van der Waals surface area (Å²) < 4.78 is 11.2. The molecule has 0 aromatic heterocycles. The van der Waals surface area contributed by atoms with Crippen molar-refractivity contribution in [2.75, 3.05) is 13.2 Å². The Morgan fingerprint density at radius 3 is 2.59 bits per heavy atom. The second-order valence-electron chi connectivity index (χ2n) is 6.07. The SMILES string of the molecule is C=CCOc1ccccc1/C=N/NC(=O)COc1ccccc1C(C)CC. The molecule has 0 heterocycles. The van der Waals surface area contributed by atoms with E-state index in [0.717, 1.165) is 23.3 Å². The molecule has 0 fully saturated rings. The molecule has 5 heteroatoms. The van der Waals surface area contributed by atoms with Crippen LogP contribution < -0.4 is 14.9 Å². The van der Waals surface area contributed by atoms with Gasteiger partial charge in [0.2, 0.25) is 0 Å². The first-order valence-electron chi connectivity index (χ1n) is 9.02. The van der Waals surface area contributed by atoms with E-state index >= 15 is 0 Å². The highest BCUT2D eigenvalue weighted by molar-refractivity contribution is 5.85. The lowest BCUT2D eigenvalue weighted by Gasteiger charge is -2.15. The van der Waals surface area contributed by atoms with Gasteiger partial charge in [0.15, 0.2) is 6.61 Å². The summed E-state index contributed by atoms with van der Waals surface area (Å²) >= 11 is 0. The molecule has 0 bridgehead atoms. The Kier molecular flexibility index (Phi) is 8.10. The van der Waals surface area contributed by atoms with E-state index < -0.39 is 0 Å². The number of benzene rings is 2. The molecule has 1 unspecified atom stereocenters. The first kappa shape index (κ1) is 20.2. The molecule has 2 aromatic rings. The van der Waals surface area contributed by atoms with Crippen molar-refractivity contribution in [2.24, 2.45) is 5.10 Å². The zero-order valence-electron chi connectivity index (χ0n) is 15.9. The summed E-state index contributed by atoms with van der Waals surface area (Å²) in [5.41, 5.74) is 4.35. The molecule has 2 aromatic carbocycles. The van der Waals surface area contributed by atoms with Crippen LogP contribution in [0.25, 0.3) is 0 Å². The molecule has 0 radical (unpaired) electrons. The molecule has 0 aliphatic rings. The fourth-order valence-electron chi connectivity index (χ4n) is 2.46. The van der Waals surface area contributed by atoms with Crippen molar-refractivity contribution < 1.29 is 14.3 Å². The van der Waals surface area contributed by atoms with Gasteiger partial charge in [0.05, 0.1) is 6.21 Å². The molecule has 142 valence electrons. The van der Waals surface area contributed by atoms with Crippen LogP contribution in [-0.2, 0) is 4.79 Å². The Bertz CT molecular complexity index is 787. The normalized spacial score (nSPS) is 11.8. The Morgan fingerprint density at radius 1 is 1.15 bits per heavy atom. The molecule has 2 rings (SSSR count). The summed E-state index contributed by atoms with van der Waals surface area (Å²) in [4.78, 5) is 12.0. The van der Waals surface area contributed by atoms with E-state index in [1.165, 1.54) is 0 Å². The van der Waals surface area contributed by atoms with E-state index in [4.69, 9.17) is 9.47 Å². The minimum absolute atomic E-state index is 0.0978. The van der Waals surface area contributed by atoms with Crippen molar-refractivity contribution in [3.05, 3.63) is 72.3 Å². The van der Waals surface area contributed by atoms with E-state index in [1.54, 1.807) is 12.3 Å². The number of hydrogen-bond donors (Lipinski definition) is 1. The van der Waals surface area contributed by atoms with E-state index in [-0.39, 0.29) is 12.5 Å². The van der Waals surface area contributed by atoms with Crippen molar-refractivity contribution in [1.29, 1.82) is 0 Å². The van der Waals surface area contributed by atoms with Gasteiger partial charge in [0.1, 0.15) is 18.1 Å². The average molecular weight is 366 g/mol. The van der Waals surface area contributed by atoms with Crippen molar-refractivity contribution in [1.82, 2.24) is 5.43 Å². The molecular formula is C22H26N2O3. The van der Waals surface area contributed by atoms with Gasteiger partial charge in [0.25, 0.3) is 5.91 Å². The maximum Gasteiger partial charge on any atom is 0.277 e. The molecule has 0 aliphatic heterocycles. The van der Waals surface area contributed by atoms with Crippen LogP contribution in [0.3, 0.4) is 0 Å². The third-order valence-electron chi connectivity index (χ3n) is 4.09. The molecule has 0 saturated carbocycles. The fraction of sp³-hybridized carbons (Fsp3) is 0.273. The van der Waals surface area contributed by atoms with E-state index in [2.05, 4.69) is 31.0 Å². The Labute approximate surface area is 160 Å². The van der Waals surface area contributed by atoms with Gasteiger partial charge in [-0.05, 0) is 36.1 Å². The van der Waals surface area contributed by atoms with Crippen LogP contribution in [0.5, 0.6) is 11.5 Å². The first-order valence-corrected chi connectivity index (χ1v) is 9.02. The molecule has 1 atom stereocenters. The molecular weight excluding hydrogens is 340 g/mol. The number of nitrogens with zero attached hydrogens (tertiary/aromatic N) is 1. The van der Waals surface area contributed by atoms with Gasteiger partial charge >= 0.3 is 0 Å². The molecule has 1 amide bonds. The standard InChI is InChI=1S/C22H26N2O3/c1-4-14-26-20-12-8-6-10-18(20)15-23-24-22(25)16-27-21-13-9-7-11-19(21)17(3)5-2/h4,6-13,15,17H,1,5,14,16H2,2-3H3,(H,24,25)/b23-15+. The zero-order valence-corrected chi connectivity index (χ0v) is 15.9. The minimum atomic E-state index is -0.324. The van der Waals surface area contributed by atoms with E-state index in [0.29, 0.717) is 18.3 Å². The van der Waals surface area contributed by atoms with Crippen molar-refractivity contribution in [3.63, 3.8) is 0 Å². The van der Waals surface area contributed by atoms with Crippen LogP contribution in [0.15, 0.2) is 66.3 Å². The second-order valence-corrected chi connectivity index (χ2v) is 6.07. The van der Waals surface area contributed by atoms with Gasteiger partial charge in [-0.25, -0.2) is 5.43 Å². The molecule has 0 saturated heterocycles. The summed E-state index contributed by atoms with van der Waals surface area (Å²) in [6, 6.07) is 15.2. The summed E-state index contributed by atoms with van der Waals surface area (Å²) in [6.45, 7) is 8.20. The van der Waals surface area contributed by atoms with Gasteiger partial charge in [-0.1, -0.05) is 56.8 Å². The maximum atomic E-state index is 12.0. The Morgan fingerprint density at radius 2 is 1.85 bits per heavy atom. The van der Waals surface area contributed by atoms with Crippen LogP contribution in [0, 0.1) is 0 Å². The number of amides is 1. The molecule has 0 aliphatic carbocycles. The number of ether oxygens (including phenoxy) is 2. The van der Waals surface area contributed by atoms with Crippen molar-refractivity contribution in [3.8, 4) is 11.5 Å². The Hall–Kier alpha value is -3.08. The first-order chi connectivity index (χ1) is 13.2. The lowest BCUT2D eigenvalue weighted by atomic mass is 9.98. The predicted octanol–water partition coefficient (Wildman–Crippen LogP) is 4.29. The predicted molar refractivity (Wildman–Crippen MR) is 109 cm³/mol. The lowest BCUT2D eigenvalue weighted by molar-refractivity contribution is -0.123. The van der Waals surface area contributed by atoms with E-state index in [9.17, 15) is 4.79 Å². The summed E-state index contributed by atoms with van der Waals surface area (Å²) in [5, 5.41) is 3.99. The number of hydrazone groups is 1. The monoisotopic (exact) mass is 366 g/mol. The molecule has 27 heavy (non-hydrogen) atoms. The average Bonchev–Trinajstić information content (AvgIpc) is 2.71. The van der Waals surface area contributed by atoms with Crippen molar-refractivity contribution in [2.45, 2.75) is 26.2 Å². The summed E-state index contributed by atoms with van der Waals surface area (Å²) in [7, 11) is 0. The van der Waals surface area contributed by atoms with Gasteiger partial charge in [0, 0.05) is 5.56 Å². The number of nitrogens with one attached hydrogen (secondary N) is 1. The second kappa shape index (κ2) is 10.8. The molecule has 0 spiro atoms. The van der Waals surface area contributed by atoms with Crippen molar-refractivity contribution >= 4 is 12.1 Å².